The summed E-state index contributed by atoms with van der Waals surface area (Å²) in [5.41, 5.74) is 5.77. The molecule has 190 valence electrons. The van der Waals surface area contributed by atoms with E-state index in [4.69, 9.17) is 13.3 Å². The lowest BCUT2D eigenvalue weighted by molar-refractivity contribution is 0.123. The van der Waals surface area contributed by atoms with Crippen molar-refractivity contribution in [3.8, 4) is 11.5 Å². The van der Waals surface area contributed by atoms with Crippen molar-refractivity contribution in [3.63, 3.8) is 0 Å². The minimum atomic E-state index is -2.48. The van der Waals surface area contributed by atoms with Crippen molar-refractivity contribution in [2.24, 2.45) is 0 Å². The molecule has 0 amide bonds. The molecule has 0 aliphatic carbocycles. The van der Waals surface area contributed by atoms with Gasteiger partial charge < -0.3 is 23.5 Å². The summed E-state index contributed by atoms with van der Waals surface area (Å²) in [7, 11) is 2.48. The van der Waals surface area contributed by atoms with Crippen LogP contribution in [0.3, 0.4) is 0 Å². The Balaban J connectivity index is 2.02. The Labute approximate surface area is 211 Å². The van der Waals surface area contributed by atoms with Crippen LogP contribution in [0, 0.1) is 20.8 Å². The number of benzene rings is 2. The number of thioether (sulfide) groups is 1. The van der Waals surface area contributed by atoms with Crippen LogP contribution in [0.1, 0.15) is 60.1 Å². The summed E-state index contributed by atoms with van der Waals surface area (Å²) < 4.78 is 16.4. The standard InChI is InChI=1S/C27H42O5SSi/c1-19-15-23(16-20(2)25(19)28)27(4,5)24-17-21(3)26(29)22(18-24)11-9-12-33-13-10-14-34(30-6,31-7)32-8/h15-18,28-29H,9-14H2,1-8H3. The molecule has 0 bridgehead atoms. The minimum Gasteiger partial charge on any atom is -0.507 e. The van der Waals surface area contributed by atoms with Crippen LogP contribution in [-0.4, -0.2) is 51.9 Å². The molecule has 0 saturated heterocycles. The molecule has 0 atom stereocenters. The Hall–Kier alpha value is -1.51. The molecule has 2 rings (SSSR count). The number of rotatable bonds is 13. The van der Waals surface area contributed by atoms with Crippen molar-refractivity contribution in [3.05, 3.63) is 57.6 Å². The van der Waals surface area contributed by atoms with Gasteiger partial charge in [-0.2, -0.15) is 11.8 Å². The fraction of sp³-hybridized carbons (Fsp3) is 0.556. The van der Waals surface area contributed by atoms with Crippen LogP contribution in [-0.2, 0) is 25.1 Å². The predicted molar refractivity (Wildman–Crippen MR) is 144 cm³/mol. The van der Waals surface area contributed by atoms with E-state index in [1.54, 1.807) is 21.3 Å². The third-order valence-electron chi connectivity index (χ3n) is 6.75. The zero-order chi connectivity index (χ0) is 25.5. The van der Waals surface area contributed by atoms with E-state index in [9.17, 15) is 10.2 Å². The smallest absolute Gasteiger partial charge is 0.500 e. The van der Waals surface area contributed by atoms with Crippen LogP contribution in [0.25, 0.3) is 0 Å². The summed E-state index contributed by atoms with van der Waals surface area (Å²) in [5, 5.41) is 20.9. The lowest BCUT2D eigenvalue weighted by Crippen LogP contribution is -2.42. The number of hydrogen-bond donors (Lipinski definition) is 2. The Kier molecular flexibility index (Phi) is 10.5. The first-order valence-electron chi connectivity index (χ1n) is 11.9. The van der Waals surface area contributed by atoms with Crippen LogP contribution >= 0.6 is 11.8 Å². The molecular weight excluding hydrogens is 464 g/mol. The number of aromatic hydroxyl groups is 2. The van der Waals surface area contributed by atoms with Crippen LogP contribution < -0.4 is 0 Å². The highest BCUT2D eigenvalue weighted by molar-refractivity contribution is 7.99. The molecule has 0 radical (unpaired) electrons. The number of phenols is 2. The first-order valence-corrected chi connectivity index (χ1v) is 15.0. The van der Waals surface area contributed by atoms with Crippen LogP contribution in [0.2, 0.25) is 6.04 Å². The molecule has 0 fully saturated rings. The fourth-order valence-corrected chi connectivity index (χ4v) is 7.18. The lowest BCUT2D eigenvalue weighted by Gasteiger charge is -2.29. The molecule has 0 spiro atoms. The van der Waals surface area contributed by atoms with E-state index >= 15 is 0 Å². The van der Waals surface area contributed by atoms with Crippen molar-refractivity contribution >= 4 is 20.6 Å². The number of aryl methyl sites for hydroxylation is 4. The Morgan fingerprint density at radius 3 is 1.76 bits per heavy atom. The van der Waals surface area contributed by atoms with Crippen molar-refractivity contribution in [2.45, 2.75) is 65.3 Å². The maximum absolute atomic E-state index is 10.7. The van der Waals surface area contributed by atoms with E-state index in [0.717, 1.165) is 64.6 Å². The van der Waals surface area contributed by atoms with Crippen molar-refractivity contribution in [1.29, 1.82) is 0 Å². The predicted octanol–water partition coefficient (Wildman–Crippen LogP) is 6.28. The highest BCUT2D eigenvalue weighted by Crippen LogP contribution is 2.38. The molecule has 0 aliphatic heterocycles. The molecule has 0 saturated carbocycles. The molecule has 0 heterocycles. The highest BCUT2D eigenvalue weighted by Gasteiger charge is 2.36. The van der Waals surface area contributed by atoms with Gasteiger partial charge in [0.2, 0.25) is 0 Å². The average Bonchev–Trinajstić information content (AvgIpc) is 2.81. The normalized spacial score (nSPS) is 12.4. The SMILES string of the molecule is CO[Si](CCCSCCCc1cc(C(C)(C)c2cc(C)c(O)c(C)c2)cc(C)c1O)(OC)OC. The summed E-state index contributed by atoms with van der Waals surface area (Å²) in [6, 6.07) is 9.18. The Morgan fingerprint density at radius 2 is 1.24 bits per heavy atom. The van der Waals surface area contributed by atoms with Crippen molar-refractivity contribution in [2.75, 3.05) is 32.8 Å². The molecule has 0 aliphatic rings. The quantitative estimate of drug-likeness (QED) is 0.246. The summed E-state index contributed by atoms with van der Waals surface area (Å²) in [6.07, 6.45) is 2.83. The van der Waals surface area contributed by atoms with Crippen molar-refractivity contribution in [1.82, 2.24) is 0 Å². The first-order chi connectivity index (χ1) is 16.0. The third kappa shape index (κ3) is 6.79. The van der Waals surface area contributed by atoms with E-state index in [-0.39, 0.29) is 5.41 Å². The second-order valence-corrected chi connectivity index (χ2v) is 13.8. The molecule has 2 N–H and O–H groups in total. The molecule has 0 aromatic heterocycles. The number of phenolic OH excluding ortho intramolecular Hbond substituents is 2. The van der Waals surface area contributed by atoms with E-state index in [1.165, 1.54) is 5.56 Å². The average molecular weight is 507 g/mol. The Morgan fingerprint density at radius 1 is 0.765 bits per heavy atom. The van der Waals surface area contributed by atoms with Gasteiger partial charge >= 0.3 is 8.80 Å². The van der Waals surface area contributed by atoms with Gasteiger partial charge in [0.25, 0.3) is 0 Å². The fourth-order valence-electron chi connectivity index (χ4n) is 4.30. The van der Waals surface area contributed by atoms with Gasteiger partial charge in [0.15, 0.2) is 0 Å². The van der Waals surface area contributed by atoms with E-state index < -0.39 is 8.80 Å². The van der Waals surface area contributed by atoms with Gasteiger partial charge in [0.05, 0.1) is 0 Å². The maximum atomic E-state index is 10.7. The van der Waals surface area contributed by atoms with Gasteiger partial charge in [0.1, 0.15) is 11.5 Å². The molecule has 2 aromatic rings. The van der Waals surface area contributed by atoms with Gasteiger partial charge in [-0.25, -0.2) is 0 Å². The summed E-state index contributed by atoms with van der Waals surface area (Å²) in [5.74, 6) is 2.82. The number of hydrogen-bond acceptors (Lipinski definition) is 6. The molecular formula is C27H42O5SSi. The topological polar surface area (TPSA) is 68.2 Å². The van der Waals surface area contributed by atoms with Gasteiger partial charge in [0, 0.05) is 32.8 Å². The van der Waals surface area contributed by atoms with Gasteiger partial charge in [-0.05, 0) is 84.9 Å². The van der Waals surface area contributed by atoms with Crippen LogP contribution in [0.4, 0.5) is 0 Å². The summed E-state index contributed by atoms with van der Waals surface area (Å²) in [4.78, 5) is 0. The first kappa shape index (κ1) is 28.7. The summed E-state index contributed by atoms with van der Waals surface area (Å²) >= 11 is 1.92. The van der Waals surface area contributed by atoms with Gasteiger partial charge in [-0.3, -0.25) is 0 Å². The third-order valence-corrected chi connectivity index (χ3v) is 10.7. The molecule has 34 heavy (non-hydrogen) atoms. The van der Waals surface area contributed by atoms with Gasteiger partial charge in [-0.15, -0.1) is 0 Å². The van der Waals surface area contributed by atoms with Crippen molar-refractivity contribution < 1.29 is 23.5 Å². The van der Waals surface area contributed by atoms with E-state index in [0.29, 0.717) is 11.5 Å². The Bertz CT molecular complexity index is 925. The second kappa shape index (κ2) is 12.4. The molecule has 2 aromatic carbocycles. The largest absolute Gasteiger partial charge is 0.507 e. The highest BCUT2D eigenvalue weighted by atomic mass is 32.2. The van der Waals surface area contributed by atoms with Crippen LogP contribution in [0.15, 0.2) is 24.3 Å². The maximum Gasteiger partial charge on any atom is 0.500 e. The van der Waals surface area contributed by atoms with Gasteiger partial charge in [-0.1, -0.05) is 38.1 Å². The van der Waals surface area contributed by atoms with Crippen LogP contribution in [0.5, 0.6) is 11.5 Å². The molecule has 5 nitrogen and oxygen atoms in total. The molecule has 0 unspecified atom stereocenters. The monoisotopic (exact) mass is 506 g/mol. The minimum absolute atomic E-state index is 0.244. The zero-order valence-corrected chi connectivity index (χ0v) is 23.9. The van der Waals surface area contributed by atoms with E-state index in [1.807, 2.05) is 32.5 Å². The second-order valence-electron chi connectivity index (χ2n) is 9.50. The zero-order valence-electron chi connectivity index (χ0n) is 22.1. The lowest BCUT2D eigenvalue weighted by atomic mass is 9.76. The molecule has 7 heteroatoms. The summed E-state index contributed by atoms with van der Waals surface area (Å²) in [6.45, 7) is 10.3. The van der Waals surface area contributed by atoms with E-state index in [2.05, 4.69) is 38.1 Å².